The first-order valence-electron chi connectivity index (χ1n) is 6.35. The molecule has 4 heteroatoms. The van der Waals surface area contributed by atoms with Crippen LogP contribution >= 0.6 is 15.9 Å². The summed E-state index contributed by atoms with van der Waals surface area (Å²) in [5.41, 5.74) is 7.20. The van der Waals surface area contributed by atoms with Crippen LogP contribution in [0.15, 0.2) is 28.7 Å². The fraction of sp³-hybridized carbons (Fsp3) is 0.571. The van der Waals surface area contributed by atoms with Crippen molar-refractivity contribution >= 4 is 15.9 Å². The van der Waals surface area contributed by atoms with Crippen LogP contribution in [0, 0.1) is 0 Å². The van der Waals surface area contributed by atoms with E-state index in [4.69, 9.17) is 5.73 Å². The minimum absolute atomic E-state index is 0.306. The summed E-state index contributed by atoms with van der Waals surface area (Å²) < 4.78 is 1.11. The molecule has 0 amide bonds. The highest BCUT2D eigenvalue weighted by Crippen LogP contribution is 2.20. The van der Waals surface area contributed by atoms with E-state index in [0.29, 0.717) is 12.6 Å². The van der Waals surface area contributed by atoms with Gasteiger partial charge in [-0.25, -0.2) is 0 Å². The average molecular weight is 314 g/mol. The van der Waals surface area contributed by atoms with Crippen molar-refractivity contribution in [1.29, 1.82) is 0 Å². The Kier molecular flexibility index (Phi) is 6.86. The topological polar surface area (TPSA) is 32.5 Å². The van der Waals surface area contributed by atoms with Gasteiger partial charge in [-0.3, -0.25) is 4.90 Å². The Morgan fingerprint density at radius 2 is 1.72 bits per heavy atom. The maximum atomic E-state index is 5.91. The molecule has 1 rings (SSSR count). The second kappa shape index (κ2) is 7.89. The molecule has 0 bridgehead atoms. The van der Waals surface area contributed by atoms with Crippen LogP contribution in [0.5, 0.6) is 0 Å². The molecule has 3 nitrogen and oxygen atoms in total. The van der Waals surface area contributed by atoms with Gasteiger partial charge in [-0.15, -0.1) is 0 Å². The first-order chi connectivity index (χ1) is 8.54. The fourth-order valence-electron chi connectivity index (χ4n) is 2.05. The highest BCUT2D eigenvalue weighted by molar-refractivity contribution is 9.10. The predicted octanol–water partition coefficient (Wildman–Crippen LogP) is 2.33. The molecule has 0 heterocycles. The average Bonchev–Trinajstić information content (AvgIpc) is 2.32. The molecule has 0 aliphatic heterocycles. The third-order valence-electron chi connectivity index (χ3n) is 3.13. The maximum absolute atomic E-state index is 5.91. The molecule has 0 radical (unpaired) electrons. The SMILES string of the molecule is CN(C)CCCN(C)C(CN)c1ccc(Br)cc1. The van der Waals surface area contributed by atoms with E-state index < -0.39 is 0 Å². The van der Waals surface area contributed by atoms with E-state index in [9.17, 15) is 0 Å². The van der Waals surface area contributed by atoms with E-state index in [2.05, 4.69) is 71.1 Å². The molecule has 2 N–H and O–H groups in total. The molecule has 0 saturated heterocycles. The lowest BCUT2D eigenvalue weighted by Gasteiger charge is -2.27. The molecule has 102 valence electrons. The van der Waals surface area contributed by atoms with Crippen LogP contribution in [0.25, 0.3) is 0 Å². The van der Waals surface area contributed by atoms with Crippen molar-refractivity contribution in [2.24, 2.45) is 5.73 Å². The Hall–Kier alpha value is -0.420. The highest BCUT2D eigenvalue weighted by atomic mass is 79.9. The van der Waals surface area contributed by atoms with Crippen molar-refractivity contribution in [1.82, 2.24) is 9.80 Å². The predicted molar refractivity (Wildman–Crippen MR) is 81.7 cm³/mol. The summed E-state index contributed by atoms with van der Waals surface area (Å²) in [6, 6.07) is 8.74. The van der Waals surface area contributed by atoms with Gasteiger partial charge in [0.25, 0.3) is 0 Å². The number of nitrogens with zero attached hydrogens (tertiary/aromatic N) is 2. The zero-order valence-electron chi connectivity index (χ0n) is 11.6. The van der Waals surface area contributed by atoms with Crippen molar-refractivity contribution in [2.45, 2.75) is 12.5 Å². The van der Waals surface area contributed by atoms with E-state index in [-0.39, 0.29) is 0 Å². The molecule has 1 unspecified atom stereocenters. The Labute approximate surface area is 119 Å². The Morgan fingerprint density at radius 3 is 2.22 bits per heavy atom. The molecule has 1 aromatic rings. The summed E-state index contributed by atoms with van der Waals surface area (Å²) in [5.74, 6) is 0. The van der Waals surface area contributed by atoms with Gasteiger partial charge in [0.2, 0.25) is 0 Å². The molecular formula is C14H24BrN3. The molecule has 0 fully saturated rings. The van der Waals surface area contributed by atoms with Crippen LogP contribution in [-0.2, 0) is 0 Å². The highest BCUT2D eigenvalue weighted by Gasteiger charge is 2.14. The van der Waals surface area contributed by atoms with Crippen molar-refractivity contribution < 1.29 is 0 Å². The summed E-state index contributed by atoms with van der Waals surface area (Å²) in [5, 5.41) is 0. The number of nitrogens with two attached hydrogens (primary N) is 1. The van der Waals surface area contributed by atoms with E-state index >= 15 is 0 Å². The van der Waals surface area contributed by atoms with E-state index in [1.165, 1.54) is 5.56 Å². The monoisotopic (exact) mass is 313 g/mol. The number of benzene rings is 1. The molecular weight excluding hydrogens is 290 g/mol. The van der Waals surface area contributed by atoms with Gasteiger partial charge in [0.1, 0.15) is 0 Å². The molecule has 0 aliphatic rings. The molecule has 1 atom stereocenters. The second-order valence-corrected chi connectivity index (χ2v) is 5.86. The van der Waals surface area contributed by atoms with Crippen LogP contribution < -0.4 is 5.73 Å². The lowest BCUT2D eigenvalue weighted by Crippen LogP contribution is -2.32. The van der Waals surface area contributed by atoms with E-state index in [1.54, 1.807) is 0 Å². The number of hydrogen-bond donors (Lipinski definition) is 1. The lowest BCUT2D eigenvalue weighted by atomic mass is 10.1. The van der Waals surface area contributed by atoms with Crippen LogP contribution in [0.1, 0.15) is 18.0 Å². The summed E-state index contributed by atoms with van der Waals surface area (Å²) in [6.45, 7) is 2.83. The van der Waals surface area contributed by atoms with Crippen LogP contribution in [0.2, 0.25) is 0 Å². The van der Waals surface area contributed by atoms with Gasteiger partial charge < -0.3 is 10.6 Å². The third kappa shape index (κ3) is 5.06. The summed E-state index contributed by atoms with van der Waals surface area (Å²) >= 11 is 3.46. The van der Waals surface area contributed by atoms with Crippen molar-refractivity contribution in [3.05, 3.63) is 34.3 Å². The molecule has 0 aliphatic carbocycles. The summed E-state index contributed by atoms with van der Waals surface area (Å²) in [4.78, 5) is 4.55. The third-order valence-corrected chi connectivity index (χ3v) is 3.65. The lowest BCUT2D eigenvalue weighted by molar-refractivity contribution is 0.235. The first-order valence-corrected chi connectivity index (χ1v) is 7.14. The van der Waals surface area contributed by atoms with Gasteiger partial charge in [0, 0.05) is 17.1 Å². The van der Waals surface area contributed by atoms with Gasteiger partial charge in [0.05, 0.1) is 0 Å². The van der Waals surface area contributed by atoms with Gasteiger partial charge >= 0.3 is 0 Å². The number of rotatable bonds is 7. The van der Waals surface area contributed by atoms with E-state index in [1.807, 2.05) is 0 Å². The first kappa shape index (κ1) is 15.6. The molecule has 0 saturated carbocycles. The standard InChI is InChI=1S/C14H24BrN3/c1-17(2)9-4-10-18(3)14(11-16)12-5-7-13(15)8-6-12/h5-8,14H,4,9-11,16H2,1-3H3. The van der Waals surface area contributed by atoms with Crippen molar-refractivity contribution in [2.75, 3.05) is 40.8 Å². The molecule has 18 heavy (non-hydrogen) atoms. The summed E-state index contributed by atoms with van der Waals surface area (Å²) in [7, 11) is 6.36. The molecule has 0 spiro atoms. The Bertz CT molecular complexity index is 337. The zero-order valence-corrected chi connectivity index (χ0v) is 13.2. The largest absolute Gasteiger partial charge is 0.329 e. The molecule has 0 aromatic heterocycles. The van der Waals surface area contributed by atoms with Gasteiger partial charge in [-0.2, -0.15) is 0 Å². The summed E-state index contributed by atoms with van der Waals surface area (Å²) in [6.07, 6.45) is 1.16. The van der Waals surface area contributed by atoms with Crippen LogP contribution in [0.3, 0.4) is 0 Å². The van der Waals surface area contributed by atoms with E-state index in [0.717, 1.165) is 24.0 Å². The number of halogens is 1. The van der Waals surface area contributed by atoms with Crippen LogP contribution in [0.4, 0.5) is 0 Å². The number of hydrogen-bond acceptors (Lipinski definition) is 3. The Balaban J connectivity index is 2.56. The minimum atomic E-state index is 0.306. The second-order valence-electron chi connectivity index (χ2n) is 4.94. The maximum Gasteiger partial charge on any atom is 0.0467 e. The minimum Gasteiger partial charge on any atom is -0.329 e. The van der Waals surface area contributed by atoms with Gasteiger partial charge in [0.15, 0.2) is 0 Å². The van der Waals surface area contributed by atoms with Crippen LogP contribution in [-0.4, -0.2) is 50.6 Å². The quantitative estimate of drug-likeness (QED) is 0.838. The van der Waals surface area contributed by atoms with Crippen molar-refractivity contribution in [3.8, 4) is 0 Å². The van der Waals surface area contributed by atoms with Gasteiger partial charge in [-0.05, 0) is 58.3 Å². The fourth-order valence-corrected chi connectivity index (χ4v) is 2.31. The van der Waals surface area contributed by atoms with Gasteiger partial charge in [-0.1, -0.05) is 28.1 Å². The number of likely N-dealkylation sites (N-methyl/N-ethyl adjacent to an activating group) is 1. The van der Waals surface area contributed by atoms with Crippen molar-refractivity contribution in [3.63, 3.8) is 0 Å². The Morgan fingerprint density at radius 1 is 1.11 bits per heavy atom. The molecule has 1 aromatic carbocycles. The smallest absolute Gasteiger partial charge is 0.0467 e. The zero-order chi connectivity index (χ0) is 13.5. The normalized spacial score (nSPS) is 13.3.